The predicted octanol–water partition coefficient (Wildman–Crippen LogP) is 5.48. The lowest BCUT2D eigenvalue weighted by atomic mass is 9.98. The molecule has 0 heterocycles. The van der Waals surface area contributed by atoms with Gasteiger partial charge in [-0.15, -0.1) is 0 Å². The van der Waals surface area contributed by atoms with Gasteiger partial charge in [-0.2, -0.15) is 0 Å². The van der Waals surface area contributed by atoms with Crippen molar-refractivity contribution in [1.29, 1.82) is 0 Å². The van der Waals surface area contributed by atoms with Crippen molar-refractivity contribution in [3.8, 4) is 11.1 Å². The van der Waals surface area contributed by atoms with E-state index in [0.717, 1.165) is 16.7 Å². The van der Waals surface area contributed by atoms with Crippen LogP contribution in [-0.4, -0.2) is 23.8 Å². The maximum Gasteiger partial charge on any atom is 0.258 e. The van der Waals surface area contributed by atoms with E-state index >= 15 is 0 Å². The topological polar surface area (TPSA) is 63.4 Å². The van der Waals surface area contributed by atoms with Crippen LogP contribution in [0.1, 0.15) is 31.8 Å². The number of carbonyl (C=O) groups excluding carboxylic acids is 2. The first kappa shape index (κ1) is 21.8. The number of benzene rings is 3. The monoisotopic (exact) mass is 444 g/mol. The van der Waals surface area contributed by atoms with E-state index in [-0.39, 0.29) is 17.1 Å². The van der Waals surface area contributed by atoms with Crippen LogP contribution in [0, 0.1) is 12.7 Å². The SMILES string of the molecule is Cc1cc(-c2cc(C(N)=O)ccc2Cl)ccc1CN(C)C(=O)c1c(F)cccc1Cl. The van der Waals surface area contributed by atoms with E-state index in [1.807, 2.05) is 25.1 Å². The lowest BCUT2D eigenvalue weighted by Crippen LogP contribution is -2.27. The van der Waals surface area contributed by atoms with Gasteiger partial charge in [0.25, 0.3) is 5.91 Å². The lowest BCUT2D eigenvalue weighted by Gasteiger charge is -2.20. The van der Waals surface area contributed by atoms with Crippen molar-refractivity contribution < 1.29 is 14.0 Å². The van der Waals surface area contributed by atoms with Gasteiger partial charge in [0.15, 0.2) is 0 Å². The van der Waals surface area contributed by atoms with Crippen LogP contribution in [0.2, 0.25) is 10.0 Å². The fourth-order valence-corrected chi connectivity index (χ4v) is 3.63. The molecule has 154 valence electrons. The zero-order valence-electron chi connectivity index (χ0n) is 16.4. The number of hydrogen-bond donors (Lipinski definition) is 1. The van der Waals surface area contributed by atoms with Gasteiger partial charge >= 0.3 is 0 Å². The second-order valence-electron chi connectivity index (χ2n) is 6.96. The largest absolute Gasteiger partial charge is 0.366 e. The Hall–Kier alpha value is -2.89. The van der Waals surface area contributed by atoms with Crippen LogP contribution in [0.25, 0.3) is 11.1 Å². The summed E-state index contributed by atoms with van der Waals surface area (Å²) in [6.45, 7) is 2.17. The molecule has 0 fully saturated rings. The highest BCUT2D eigenvalue weighted by Crippen LogP contribution is 2.31. The third kappa shape index (κ3) is 4.48. The van der Waals surface area contributed by atoms with Crippen LogP contribution in [-0.2, 0) is 6.54 Å². The minimum Gasteiger partial charge on any atom is -0.366 e. The zero-order valence-corrected chi connectivity index (χ0v) is 17.9. The number of carbonyl (C=O) groups is 2. The fourth-order valence-electron chi connectivity index (χ4n) is 3.16. The molecule has 0 spiro atoms. The second-order valence-corrected chi connectivity index (χ2v) is 7.77. The second kappa shape index (κ2) is 8.86. The molecular weight excluding hydrogens is 426 g/mol. The number of nitrogens with two attached hydrogens (primary N) is 1. The molecule has 2 amide bonds. The number of primary amides is 1. The van der Waals surface area contributed by atoms with Gasteiger partial charge in [0.1, 0.15) is 5.82 Å². The van der Waals surface area contributed by atoms with E-state index in [0.29, 0.717) is 16.1 Å². The molecule has 0 aliphatic rings. The highest BCUT2D eigenvalue weighted by molar-refractivity contribution is 6.34. The number of aryl methyl sites for hydroxylation is 1. The van der Waals surface area contributed by atoms with Crippen molar-refractivity contribution in [1.82, 2.24) is 4.90 Å². The maximum atomic E-state index is 14.1. The Labute approximate surface area is 184 Å². The molecule has 0 aromatic heterocycles. The van der Waals surface area contributed by atoms with Crippen molar-refractivity contribution in [2.75, 3.05) is 7.05 Å². The molecule has 3 aromatic rings. The fraction of sp³-hybridized carbons (Fsp3) is 0.130. The van der Waals surface area contributed by atoms with Gasteiger partial charge in [-0.3, -0.25) is 9.59 Å². The molecule has 30 heavy (non-hydrogen) atoms. The Bertz CT molecular complexity index is 1130. The van der Waals surface area contributed by atoms with E-state index in [4.69, 9.17) is 28.9 Å². The molecule has 7 heteroatoms. The summed E-state index contributed by atoms with van der Waals surface area (Å²) in [5.41, 5.74) is 8.87. The highest BCUT2D eigenvalue weighted by Gasteiger charge is 2.20. The van der Waals surface area contributed by atoms with E-state index < -0.39 is 17.6 Å². The first-order valence-corrected chi connectivity index (χ1v) is 9.83. The highest BCUT2D eigenvalue weighted by atomic mass is 35.5. The molecular formula is C23H19Cl2FN2O2. The molecule has 0 atom stereocenters. The maximum absolute atomic E-state index is 14.1. The molecule has 2 N–H and O–H groups in total. The van der Waals surface area contributed by atoms with Crippen LogP contribution < -0.4 is 5.73 Å². The van der Waals surface area contributed by atoms with Crippen LogP contribution in [0.4, 0.5) is 4.39 Å². The molecule has 0 aliphatic heterocycles. The zero-order chi connectivity index (χ0) is 22.0. The summed E-state index contributed by atoms with van der Waals surface area (Å²) in [6, 6.07) is 14.6. The average molecular weight is 445 g/mol. The quantitative estimate of drug-likeness (QED) is 0.566. The van der Waals surface area contributed by atoms with Gasteiger partial charge in [0, 0.05) is 29.7 Å². The Morgan fingerprint density at radius 2 is 1.77 bits per heavy atom. The first-order valence-electron chi connectivity index (χ1n) is 9.07. The number of amides is 2. The van der Waals surface area contributed by atoms with E-state index in [2.05, 4.69) is 0 Å². The summed E-state index contributed by atoms with van der Waals surface area (Å²) < 4.78 is 14.1. The van der Waals surface area contributed by atoms with E-state index in [1.165, 1.54) is 23.1 Å². The van der Waals surface area contributed by atoms with Crippen LogP contribution in [0.3, 0.4) is 0 Å². The lowest BCUT2D eigenvalue weighted by molar-refractivity contribution is 0.0780. The number of hydrogen-bond acceptors (Lipinski definition) is 2. The summed E-state index contributed by atoms with van der Waals surface area (Å²) in [5, 5.41) is 0.566. The van der Waals surface area contributed by atoms with Crippen molar-refractivity contribution in [2.24, 2.45) is 5.73 Å². The van der Waals surface area contributed by atoms with Crippen molar-refractivity contribution in [3.05, 3.63) is 92.7 Å². The molecule has 0 saturated heterocycles. The summed E-state index contributed by atoms with van der Waals surface area (Å²) in [5.74, 6) is -1.69. The van der Waals surface area contributed by atoms with Gasteiger partial charge in [-0.25, -0.2) is 4.39 Å². The van der Waals surface area contributed by atoms with Crippen molar-refractivity contribution >= 4 is 35.0 Å². The minimum atomic E-state index is -0.657. The van der Waals surface area contributed by atoms with Gasteiger partial charge in [0.2, 0.25) is 5.91 Å². The Morgan fingerprint density at radius 1 is 1.03 bits per heavy atom. The van der Waals surface area contributed by atoms with Gasteiger partial charge in [-0.1, -0.05) is 47.5 Å². The number of rotatable bonds is 5. The minimum absolute atomic E-state index is 0.0721. The van der Waals surface area contributed by atoms with E-state index in [1.54, 1.807) is 25.2 Å². The van der Waals surface area contributed by atoms with Crippen molar-refractivity contribution in [2.45, 2.75) is 13.5 Å². The van der Waals surface area contributed by atoms with E-state index in [9.17, 15) is 14.0 Å². The van der Waals surface area contributed by atoms with Gasteiger partial charge in [-0.05, 0) is 53.9 Å². The third-order valence-corrected chi connectivity index (χ3v) is 5.48. The Kier molecular flexibility index (Phi) is 6.44. The molecule has 0 saturated carbocycles. The standard InChI is InChI=1S/C23H19Cl2FN2O2/c1-13-10-14(17-11-15(22(27)29)8-9-18(17)24)6-7-16(13)12-28(2)23(30)21-19(25)4-3-5-20(21)26/h3-11H,12H2,1-2H3,(H2,27,29). The van der Waals surface area contributed by atoms with Gasteiger partial charge < -0.3 is 10.6 Å². The summed E-state index contributed by atoms with van der Waals surface area (Å²) in [7, 11) is 1.59. The van der Waals surface area contributed by atoms with Crippen LogP contribution >= 0.6 is 23.2 Å². The smallest absolute Gasteiger partial charge is 0.258 e. The Balaban J connectivity index is 1.87. The predicted molar refractivity (Wildman–Crippen MR) is 117 cm³/mol. The summed E-state index contributed by atoms with van der Waals surface area (Å²) >= 11 is 12.3. The normalized spacial score (nSPS) is 10.7. The van der Waals surface area contributed by atoms with Gasteiger partial charge in [0.05, 0.1) is 10.6 Å². The van der Waals surface area contributed by atoms with Crippen molar-refractivity contribution in [3.63, 3.8) is 0 Å². The first-order chi connectivity index (χ1) is 14.2. The molecule has 0 bridgehead atoms. The Morgan fingerprint density at radius 3 is 2.40 bits per heavy atom. The molecule has 3 aromatic carbocycles. The van der Waals surface area contributed by atoms with Crippen LogP contribution in [0.5, 0.6) is 0 Å². The van der Waals surface area contributed by atoms with Crippen LogP contribution in [0.15, 0.2) is 54.6 Å². The number of nitrogens with zero attached hydrogens (tertiary/aromatic N) is 1. The molecule has 3 rings (SSSR count). The number of halogens is 3. The molecule has 0 unspecified atom stereocenters. The summed E-state index contributed by atoms with van der Waals surface area (Å²) in [6.07, 6.45) is 0. The average Bonchev–Trinajstić information content (AvgIpc) is 2.69. The third-order valence-electron chi connectivity index (χ3n) is 4.84. The summed E-state index contributed by atoms with van der Waals surface area (Å²) in [4.78, 5) is 25.6. The molecule has 4 nitrogen and oxygen atoms in total. The molecule has 0 radical (unpaired) electrons. The molecule has 0 aliphatic carbocycles.